The summed E-state index contributed by atoms with van der Waals surface area (Å²) >= 11 is 1.01. The number of carbonyl (C=O) groups excluding carboxylic acids is 2. The Labute approximate surface area is 188 Å². The average molecular weight is 464 g/mol. The van der Waals surface area contributed by atoms with Gasteiger partial charge in [0.1, 0.15) is 0 Å². The lowest BCUT2D eigenvalue weighted by Crippen LogP contribution is -2.67. The van der Waals surface area contributed by atoms with Crippen LogP contribution < -0.4 is 5.32 Å². The first-order valence-electron chi connectivity index (χ1n) is 10.3. The highest BCUT2D eigenvalue weighted by Gasteiger charge is 2.67. The number of ketones is 2. The quantitative estimate of drug-likeness (QED) is 0.619. The van der Waals surface area contributed by atoms with Crippen molar-refractivity contribution in [3.8, 4) is 0 Å². The van der Waals surface area contributed by atoms with Crippen molar-refractivity contribution < 1.29 is 27.9 Å². The first kappa shape index (κ1) is 22.7. The Morgan fingerprint density at radius 3 is 2.38 bits per heavy atom. The van der Waals surface area contributed by atoms with Crippen molar-refractivity contribution in [3.63, 3.8) is 0 Å². The number of hydrogen-bond donors (Lipinski definition) is 2. The number of aliphatic hydroxyl groups is 1. The number of nitrogens with one attached hydrogen (secondary N) is 1. The maximum Gasteiger partial charge on any atom is 0.437 e. The van der Waals surface area contributed by atoms with Crippen LogP contribution in [0.25, 0.3) is 0 Å². The Morgan fingerprint density at radius 2 is 1.81 bits per heavy atom. The molecule has 2 heterocycles. The van der Waals surface area contributed by atoms with Crippen LogP contribution in [-0.4, -0.2) is 28.6 Å². The number of hydrogen-bond acceptors (Lipinski definition) is 5. The second-order valence-corrected chi connectivity index (χ2v) is 10.4. The predicted octanol–water partition coefficient (Wildman–Crippen LogP) is 5.14. The molecule has 170 valence electrons. The number of aryl methyl sites for hydroxylation is 1. The molecule has 0 spiro atoms. The molecule has 0 bridgehead atoms. The summed E-state index contributed by atoms with van der Waals surface area (Å²) in [7, 11) is 0. The van der Waals surface area contributed by atoms with E-state index in [-0.39, 0.29) is 34.8 Å². The lowest BCUT2D eigenvalue weighted by atomic mass is 9.63. The summed E-state index contributed by atoms with van der Waals surface area (Å²) in [4.78, 5) is 26.8. The topological polar surface area (TPSA) is 66.4 Å². The molecule has 1 aliphatic carbocycles. The summed E-state index contributed by atoms with van der Waals surface area (Å²) < 4.78 is 43.2. The van der Waals surface area contributed by atoms with E-state index in [1.165, 1.54) is 6.07 Å². The molecule has 0 saturated carbocycles. The van der Waals surface area contributed by atoms with Gasteiger partial charge in [-0.2, -0.15) is 13.2 Å². The maximum atomic E-state index is 14.4. The molecule has 2 aromatic rings. The highest BCUT2D eigenvalue weighted by Crippen LogP contribution is 2.53. The van der Waals surface area contributed by atoms with Crippen LogP contribution in [0, 0.1) is 18.3 Å². The molecule has 4 nitrogen and oxygen atoms in total. The van der Waals surface area contributed by atoms with E-state index in [0.717, 1.165) is 16.9 Å². The molecule has 0 radical (unpaired) electrons. The number of halogens is 3. The average Bonchev–Trinajstić information content (AvgIpc) is 3.20. The fourth-order valence-electron chi connectivity index (χ4n) is 4.82. The number of benzene rings is 1. The smallest absolute Gasteiger partial charge is 0.363 e. The van der Waals surface area contributed by atoms with Crippen molar-refractivity contribution in [1.82, 2.24) is 5.32 Å². The van der Waals surface area contributed by atoms with Crippen molar-refractivity contribution in [2.45, 2.75) is 51.4 Å². The largest absolute Gasteiger partial charge is 0.437 e. The molecular weight excluding hydrogens is 439 g/mol. The number of alkyl halides is 3. The van der Waals surface area contributed by atoms with Crippen molar-refractivity contribution >= 4 is 22.9 Å². The molecule has 0 saturated heterocycles. The molecule has 3 atom stereocenters. The van der Waals surface area contributed by atoms with E-state index in [2.05, 4.69) is 5.32 Å². The van der Waals surface area contributed by atoms with Crippen LogP contribution in [0.2, 0.25) is 0 Å². The first-order valence-corrected chi connectivity index (χ1v) is 11.2. The van der Waals surface area contributed by atoms with Crippen molar-refractivity contribution in [3.05, 3.63) is 69.1 Å². The molecule has 1 aromatic heterocycles. The summed E-state index contributed by atoms with van der Waals surface area (Å²) in [6.07, 6.45) is -4.84. The van der Waals surface area contributed by atoms with Gasteiger partial charge < -0.3 is 10.4 Å². The first-order chi connectivity index (χ1) is 14.8. The second-order valence-electron chi connectivity index (χ2n) is 9.43. The Bertz CT molecular complexity index is 1090. The summed E-state index contributed by atoms with van der Waals surface area (Å²) in [6, 6.07) is 9.73. The lowest BCUT2D eigenvalue weighted by molar-refractivity contribution is -0.287. The van der Waals surface area contributed by atoms with Gasteiger partial charge in [-0.25, -0.2) is 0 Å². The number of carbonyl (C=O) groups is 2. The summed E-state index contributed by atoms with van der Waals surface area (Å²) in [5.74, 6) is -4.32. The molecular formula is C24H24F3NO3S. The standard InChI is InChI=1S/C24H24F3NO3S/c1-13-6-8-14(9-7-13)18-19-15(11-22(2,3)12-16(19)29)28-23(31,24(25,26)27)20(18)21(30)17-5-4-10-32-17/h4-10,18,20,28,31H,11-12H2,1-3H3. The molecule has 32 heavy (non-hydrogen) atoms. The van der Waals surface area contributed by atoms with Crippen molar-refractivity contribution in [1.29, 1.82) is 0 Å². The van der Waals surface area contributed by atoms with E-state index >= 15 is 0 Å². The van der Waals surface area contributed by atoms with E-state index in [4.69, 9.17) is 0 Å². The lowest BCUT2D eigenvalue weighted by Gasteiger charge is -2.49. The van der Waals surface area contributed by atoms with Gasteiger partial charge in [0, 0.05) is 23.6 Å². The summed E-state index contributed by atoms with van der Waals surface area (Å²) in [5.41, 5.74) is -2.58. The molecule has 0 amide bonds. The molecule has 2 aliphatic rings. The van der Waals surface area contributed by atoms with E-state index in [1.54, 1.807) is 49.6 Å². The zero-order valence-electron chi connectivity index (χ0n) is 17.9. The minimum absolute atomic E-state index is 0.0619. The van der Waals surface area contributed by atoms with Gasteiger partial charge in [-0.1, -0.05) is 49.7 Å². The maximum absolute atomic E-state index is 14.4. The van der Waals surface area contributed by atoms with Crippen LogP contribution >= 0.6 is 11.3 Å². The molecule has 1 aliphatic heterocycles. The van der Waals surface area contributed by atoms with Crippen molar-refractivity contribution in [2.75, 3.05) is 0 Å². The fraction of sp³-hybridized carbons (Fsp3) is 0.417. The molecule has 0 fully saturated rings. The van der Waals surface area contributed by atoms with Gasteiger partial charge in [-0.15, -0.1) is 11.3 Å². The van der Waals surface area contributed by atoms with Crippen LogP contribution in [0.3, 0.4) is 0 Å². The minimum atomic E-state index is -5.16. The summed E-state index contributed by atoms with van der Waals surface area (Å²) in [6.45, 7) is 5.44. The van der Waals surface area contributed by atoms with Gasteiger partial charge in [0.25, 0.3) is 0 Å². The number of Topliss-reactive ketones (excluding diaryl/α,β-unsaturated/α-hetero) is 2. The third kappa shape index (κ3) is 3.69. The van der Waals surface area contributed by atoms with Crippen LogP contribution in [-0.2, 0) is 4.79 Å². The van der Waals surface area contributed by atoms with E-state index in [1.807, 2.05) is 6.92 Å². The van der Waals surface area contributed by atoms with Gasteiger partial charge in [-0.05, 0) is 35.8 Å². The van der Waals surface area contributed by atoms with Crippen molar-refractivity contribution in [2.24, 2.45) is 11.3 Å². The highest BCUT2D eigenvalue weighted by molar-refractivity contribution is 7.12. The zero-order chi connectivity index (χ0) is 23.5. The second kappa shape index (κ2) is 7.56. The Balaban J connectivity index is 2.00. The van der Waals surface area contributed by atoms with Gasteiger partial charge in [0.05, 0.1) is 10.8 Å². The zero-order valence-corrected chi connectivity index (χ0v) is 18.7. The van der Waals surface area contributed by atoms with Crippen LogP contribution in [0.1, 0.15) is 53.4 Å². The summed E-state index contributed by atoms with van der Waals surface area (Å²) in [5, 5.41) is 14.9. The predicted molar refractivity (Wildman–Crippen MR) is 115 cm³/mol. The highest BCUT2D eigenvalue weighted by atomic mass is 32.1. The van der Waals surface area contributed by atoms with Gasteiger partial charge in [0.15, 0.2) is 11.6 Å². The SMILES string of the molecule is Cc1ccc(C2C3=C(CC(C)(C)CC3=O)NC(O)(C(F)(F)F)C2C(=O)c2cccs2)cc1. The molecule has 8 heteroatoms. The molecule has 2 N–H and O–H groups in total. The third-order valence-corrected chi connectivity index (χ3v) is 7.16. The normalized spacial score (nSPS) is 27.7. The van der Waals surface area contributed by atoms with Gasteiger partial charge in [-0.3, -0.25) is 9.59 Å². The van der Waals surface area contributed by atoms with Gasteiger partial charge in [0.2, 0.25) is 5.72 Å². The van der Waals surface area contributed by atoms with Crippen LogP contribution in [0.5, 0.6) is 0 Å². The Morgan fingerprint density at radius 1 is 1.16 bits per heavy atom. The fourth-order valence-corrected chi connectivity index (χ4v) is 5.52. The minimum Gasteiger partial charge on any atom is -0.363 e. The number of allylic oxidation sites excluding steroid dienone is 2. The van der Waals surface area contributed by atoms with Gasteiger partial charge >= 0.3 is 6.18 Å². The number of rotatable bonds is 3. The van der Waals surface area contributed by atoms with Crippen LogP contribution in [0.15, 0.2) is 53.0 Å². The Kier molecular flexibility index (Phi) is 5.37. The van der Waals surface area contributed by atoms with Crippen LogP contribution in [0.4, 0.5) is 13.2 Å². The Hall–Kier alpha value is -2.45. The number of thiophene rings is 1. The van der Waals surface area contributed by atoms with E-state index < -0.39 is 34.9 Å². The molecule has 4 rings (SSSR count). The molecule has 1 aromatic carbocycles. The monoisotopic (exact) mass is 463 g/mol. The van der Waals surface area contributed by atoms with E-state index in [0.29, 0.717) is 5.56 Å². The third-order valence-electron chi connectivity index (χ3n) is 6.27. The van der Waals surface area contributed by atoms with E-state index in [9.17, 15) is 27.9 Å². The molecule has 3 unspecified atom stereocenters.